The minimum atomic E-state index is -0.504. The Balaban J connectivity index is 1.41. The lowest BCUT2D eigenvalue weighted by Gasteiger charge is -2.38. The minimum Gasteiger partial charge on any atom is -0.486 e. The van der Waals surface area contributed by atoms with Crippen molar-refractivity contribution in [2.75, 3.05) is 44.2 Å². The number of hydrogen-bond acceptors (Lipinski definition) is 8. The summed E-state index contributed by atoms with van der Waals surface area (Å²) in [5.41, 5.74) is 2.32. The SMILES string of the molecule is C[C@@H]1CN([C@@H](C)CO)C(=O)c2cccc(NC(=O)Nc3ccc4c(c3)OCO4)c2O[C@H]1CN(C)Cc1ccncc1. The third-order valence-corrected chi connectivity index (χ3v) is 7.26. The zero-order valence-corrected chi connectivity index (χ0v) is 23.4. The summed E-state index contributed by atoms with van der Waals surface area (Å²) in [7, 11) is 2.01. The van der Waals surface area contributed by atoms with Gasteiger partial charge in [-0.05, 0) is 55.9 Å². The smallest absolute Gasteiger partial charge is 0.323 e. The molecular formula is C30H35N5O6. The van der Waals surface area contributed by atoms with Crippen LogP contribution in [0.1, 0.15) is 29.8 Å². The standard InChI is InChI=1S/C30H35N5O6/c1-19-14-35(20(2)17-36)29(37)23-5-4-6-24(33-30(38)32-22-7-8-25-26(13-22)40-18-39-25)28(23)41-27(19)16-34(3)15-21-9-11-31-12-10-21/h4-13,19-20,27,36H,14-18H2,1-3H3,(H2,32,33,38)/t19-,20+,27+/m1/s1. The summed E-state index contributed by atoms with van der Waals surface area (Å²) < 4.78 is 17.3. The Hall–Kier alpha value is -4.35. The van der Waals surface area contributed by atoms with Crippen molar-refractivity contribution < 1.29 is 28.9 Å². The molecule has 41 heavy (non-hydrogen) atoms. The van der Waals surface area contributed by atoms with Crippen molar-refractivity contribution in [1.29, 1.82) is 0 Å². The van der Waals surface area contributed by atoms with Crippen molar-refractivity contribution in [2.24, 2.45) is 5.92 Å². The molecule has 0 radical (unpaired) electrons. The number of hydrogen-bond donors (Lipinski definition) is 3. The van der Waals surface area contributed by atoms with E-state index >= 15 is 0 Å². The van der Waals surface area contributed by atoms with Gasteiger partial charge in [0, 0.05) is 49.7 Å². The molecule has 0 bridgehead atoms. The van der Waals surface area contributed by atoms with E-state index in [0.29, 0.717) is 53.8 Å². The van der Waals surface area contributed by atoms with Crippen LogP contribution in [-0.2, 0) is 6.54 Å². The number of pyridine rings is 1. The first-order valence-electron chi connectivity index (χ1n) is 13.6. The number of fused-ring (bicyclic) bond motifs is 2. The van der Waals surface area contributed by atoms with Crippen molar-refractivity contribution in [3.8, 4) is 17.2 Å². The molecule has 3 atom stereocenters. The van der Waals surface area contributed by atoms with E-state index in [2.05, 4.69) is 20.5 Å². The molecule has 0 spiro atoms. The Bertz CT molecular complexity index is 1390. The Morgan fingerprint density at radius 1 is 1.15 bits per heavy atom. The second-order valence-corrected chi connectivity index (χ2v) is 10.5. The van der Waals surface area contributed by atoms with Gasteiger partial charge in [-0.15, -0.1) is 0 Å². The van der Waals surface area contributed by atoms with E-state index in [4.69, 9.17) is 14.2 Å². The molecule has 3 N–H and O–H groups in total. The van der Waals surface area contributed by atoms with Crippen LogP contribution in [0, 0.1) is 5.92 Å². The maximum absolute atomic E-state index is 13.7. The molecule has 0 unspecified atom stereocenters. The van der Waals surface area contributed by atoms with Gasteiger partial charge in [0.05, 0.1) is 23.9 Å². The van der Waals surface area contributed by atoms with Crippen molar-refractivity contribution in [3.63, 3.8) is 0 Å². The van der Waals surface area contributed by atoms with Gasteiger partial charge in [-0.1, -0.05) is 13.0 Å². The number of anilines is 2. The van der Waals surface area contributed by atoms with Crippen LogP contribution in [0.4, 0.5) is 16.2 Å². The number of carbonyl (C=O) groups is 2. The second-order valence-electron chi connectivity index (χ2n) is 10.5. The molecule has 3 aromatic rings. The summed E-state index contributed by atoms with van der Waals surface area (Å²) in [4.78, 5) is 34.7. The number of nitrogens with zero attached hydrogens (tertiary/aromatic N) is 3. The van der Waals surface area contributed by atoms with Crippen molar-refractivity contribution in [1.82, 2.24) is 14.8 Å². The number of nitrogens with one attached hydrogen (secondary N) is 2. The van der Waals surface area contributed by atoms with E-state index in [-0.39, 0.29) is 31.3 Å². The normalized spacial score (nSPS) is 18.7. The second kappa shape index (κ2) is 12.4. The lowest BCUT2D eigenvalue weighted by atomic mass is 9.99. The molecule has 3 amide bonds. The monoisotopic (exact) mass is 561 g/mol. The van der Waals surface area contributed by atoms with Crippen LogP contribution in [0.25, 0.3) is 0 Å². The number of aromatic nitrogens is 1. The predicted octanol–water partition coefficient (Wildman–Crippen LogP) is 3.81. The van der Waals surface area contributed by atoms with Crippen molar-refractivity contribution in [2.45, 2.75) is 32.5 Å². The number of aliphatic hydroxyl groups is 1. The lowest BCUT2D eigenvalue weighted by Crippen LogP contribution is -2.49. The minimum absolute atomic E-state index is 0.0727. The van der Waals surface area contributed by atoms with Crippen LogP contribution >= 0.6 is 0 Å². The van der Waals surface area contributed by atoms with E-state index in [1.165, 1.54) is 0 Å². The fourth-order valence-corrected chi connectivity index (χ4v) is 4.99. The van der Waals surface area contributed by atoms with Gasteiger partial charge < -0.3 is 34.9 Å². The number of benzene rings is 2. The largest absolute Gasteiger partial charge is 0.486 e. The molecular weight excluding hydrogens is 526 g/mol. The van der Waals surface area contributed by atoms with Gasteiger partial charge >= 0.3 is 6.03 Å². The number of rotatable bonds is 8. The van der Waals surface area contributed by atoms with Crippen LogP contribution in [0.5, 0.6) is 17.2 Å². The summed E-state index contributed by atoms with van der Waals surface area (Å²) in [5, 5.41) is 15.6. The average Bonchev–Trinajstić information content (AvgIpc) is 3.43. The molecule has 216 valence electrons. The molecule has 2 aliphatic rings. The topological polar surface area (TPSA) is 125 Å². The first-order valence-corrected chi connectivity index (χ1v) is 13.6. The third-order valence-electron chi connectivity index (χ3n) is 7.26. The molecule has 0 saturated carbocycles. The first kappa shape index (κ1) is 28.2. The molecule has 2 aromatic carbocycles. The van der Waals surface area contributed by atoms with Gasteiger partial charge in [0.2, 0.25) is 6.79 Å². The maximum Gasteiger partial charge on any atom is 0.323 e. The zero-order chi connectivity index (χ0) is 28.9. The molecule has 2 aliphatic heterocycles. The van der Waals surface area contributed by atoms with E-state index in [1.807, 2.05) is 33.0 Å². The quantitative estimate of drug-likeness (QED) is 0.379. The molecule has 0 aliphatic carbocycles. The molecule has 11 nitrogen and oxygen atoms in total. The fourth-order valence-electron chi connectivity index (χ4n) is 4.99. The number of aliphatic hydroxyl groups excluding tert-OH is 1. The van der Waals surface area contributed by atoms with Gasteiger partial charge in [0.1, 0.15) is 6.10 Å². The van der Waals surface area contributed by atoms with E-state index in [9.17, 15) is 14.7 Å². The molecule has 1 aromatic heterocycles. The highest BCUT2D eigenvalue weighted by Crippen LogP contribution is 2.36. The lowest BCUT2D eigenvalue weighted by molar-refractivity contribution is 0.0343. The van der Waals surface area contributed by atoms with E-state index in [0.717, 1.165) is 5.56 Å². The maximum atomic E-state index is 13.7. The molecule has 0 fully saturated rings. The Morgan fingerprint density at radius 3 is 2.71 bits per heavy atom. The van der Waals surface area contributed by atoms with Crippen LogP contribution in [0.2, 0.25) is 0 Å². The highest BCUT2D eigenvalue weighted by Gasteiger charge is 2.34. The predicted molar refractivity (Wildman–Crippen MR) is 153 cm³/mol. The number of amides is 3. The number of carbonyl (C=O) groups excluding carboxylic acids is 2. The summed E-state index contributed by atoms with van der Waals surface area (Å²) in [5.74, 6) is 1.12. The van der Waals surface area contributed by atoms with Crippen LogP contribution in [0.15, 0.2) is 60.9 Å². The first-order chi connectivity index (χ1) is 19.8. The number of ether oxygens (including phenoxy) is 3. The summed E-state index contributed by atoms with van der Waals surface area (Å²) in [6.07, 6.45) is 3.21. The third kappa shape index (κ3) is 6.53. The van der Waals surface area contributed by atoms with Crippen molar-refractivity contribution >= 4 is 23.3 Å². The van der Waals surface area contributed by atoms with Gasteiger partial charge in [0.25, 0.3) is 5.91 Å². The number of urea groups is 1. The van der Waals surface area contributed by atoms with Gasteiger partial charge in [-0.2, -0.15) is 0 Å². The van der Waals surface area contributed by atoms with Gasteiger partial charge in [0.15, 0.2) is 17.2 Å². The highest BCUT2D eigenvalue weighted by molar-refractivity contribution is 6.04. The zero-order valence-electron chi connectivity index (χ0n) is 23.4. The van der Waals surface area contributed by atoms with Crippen molar-refractivity contribution in [3.05, 3.63) is 72.1 Å². The Kier molecular flexibility index (Phi) is 8.55. The van der Waals surface area contributed by atoms with Crippen LogP contribution in [0.3, 0.4) is 0 Å². The molecule has 3 heterocycles. The number of likely N-dealkylation sites (N-methyl/N-ethyl adjacent to an activating group) is 1. The van der Waals surface area contributed by atoms with Crippen LogP contribution in [-0.4, -0.2) is 77.5 Å². The average molecular weight is 562 g/mol. The molecule has 0 saturated heterocycles. The highest BCUT2D eigenvalue weighted by atomic mass is 16.7. The summed E-state index contributed by atoms with van der Waals surface area (Å²) in [6, 6.07) is 13.3. The van der Waals surface area contributed by atoms with E-state index in [1.54, 1.807) is 53.7 Å². The molecule has 5 rings (SSSR count). The van der Waals surface area contributed by atoms with Gasteiger partial charge in [-0.25, -0.2) is 4.79 Å². The van der Waals surface area contributed by atoms with E-state index < -0.39 is 12.1 Å². The fraction of sp³-hybridized carbons (Fsp3) is 0.367. The summed E-state index contributed by atoms with van der Waals surface area (Å²) >= 11 is 0. The number of para-hydroxylation sites is 1. The Labute approximate surface area is 239 Å². The van der Waals surface area contributed by atoms with Gasteiger partial charge in [-0.3, -0.25) is 14.7 Å². The Morgan fingerprint density at radius 2 is 1.93 bits per heavy atom. The summed E-state index contributed by atoms with van der Waals surface area (Å²) in [6.45, 7) is 5.48. The molecule has 11 heteroatoms. The van der Waals surface area contributed by atoms with Crippen LogP contribution < -0.4 is 24.8 Å².